The van der Waals surface area contributed by atoms with Crippen molar-refractivity contribution in [2.45, 2.75) is 25.7 Å². The van der Waals surface area contributed by atoms with Crippen LogP contribution in [0.2, 0.25) is 0 Å². The summed E-state index contributed by atoms with van der Waals surface area (Å²) >= 11 is 0. The molecule has 6 heteroatoms. The second kappa shape index (κ2) is 6.91. The third-order valence-electron chi connectivity index (χ3n) is 2.79. The Morgan fingerprint density at radius 2 is 2.05 bits per heavy atom. The van der Waals surface area contributed by atoms with Gasteiger partial charge in [0.25, 0.3) is 0 Å². The maximum absolute atomic E-state index is 11.6. The molecule has 2 rings (SSSR count). The molecule has 1 aromatic rings. The van der Waals surface area contributed by atoms with Crippen molar-refractivity contribution in [3.8, 4) is 0 Å². The van der Waals surface area contributed by atoms with E-state index in [1.54, 1.807) is 6.92 Å². The first kappa shape index (κ1) is 14.3. The maximum Gasteiger partial charge on any atom is 0.408 e. The van der Waals surface area contributed by atoms with Gasteiger partial charge in [-0.15, -0.1) is 0 Å². The first-order chi connectivity index (χ1) is 9.65. The molecule has 1 aromatic carbocycles. The van der Waals surface area contributed by atoms with Crippen LogP contribution in [0.1, 0.15) is 12.5 Å². The zero-order valence-electron chi connectivity index (χ0n) is 11.2. The average Bonchev–Trinajstić information content (AvgIpc) is 2.41. The summed E-state index contributed by atoms with van der Waals surface area (Å²) < 4.78 is 15.0. The molecule has 20 heavy (non-hydrogen) atoms. The van der Waals surface area contributed by atoms with Crippen LogP contribution in [0.25, 0.3) is 0 Å². The van der Waals surface area contributed by atoms with Crippen molar-refractivity contribution in [3.63, 3.8) is 0 Å². The first-order valence-corrected chi connectivity index (χ1v) is 6.40. The van der Waals surface area contributed by atoms with E-state index in [0.29, 0.717) is 13.2 Å². The largest absolute Gasteiger partial charge is 0.456 e. The van der Waals surface area contributed by atoms with Crippen molar-refractivity contribution < 1.29 is 23.8 Å². The molecule has 0 bridgehead atoms. The van der Waals surface area contributed by atoms with Gasteiger partial charge in [-0.3, -0.25) is 0 Å². The zero-order chi connectivity index (χ0) is 14.4. The second-order valence-electron chi connectivity index (χ2n) is 4.52. The standard InChI is InChI=1S/C14H17NO5/c1-10(13(16)20-12-8-18-9-12)15-14(17)19-7-11-5-3-2-4-6-11/h2-6,10,12H,7-9H2,1H3,(H,15,17). The molecule has 1 aliphatic heterocycles. The van der Waals surface area contributed by atoms with E-state index in [2.05, 4.69) is 5.32 Å². The SMILES string of the molecule is CC(NC(=O)OCc1ccccc1)C(=O)OC1COC1. The van der Waals surface area contributed by atoms with Crippen molar-refractivity contribution in [3.05, 3.63) is 35.9 Å². The number of alkyl carbamates (subject to hydrolysis) is 1. The number of benzene rings is 1. The molecule has 1 N–H and O–H groups in total. The molecule has 1 amide bonds. The molecular weight excluding hydrogens is 262 g/mol. The van der Waals surface area contributed by atoms with Gasteiger partial charge in [-0.1, -0.05) is 30.3 Å². The van der Waals surface area contributed by atoms with Gasteiger partial charge in [0.15, 0.2) is 0 Å². The Bertz CT molecular complexity index is 458. The highest BCUT2D eigenvalue weighted by Gasteiger charge is 2.26. The zero-order valence-corrected chi connectivity index (χ0v) is 11.2. The number of carbonyl (C=O) groups is 2. The minimum Gasteiger partial charge on any atom is -0.456 e. The van der Waals surface area contributed by atoms with Gasteiger partial charge in [0.1, 0.15) is 18.8 Å². The highest BCUT2D eigenvalue weighted by Crippen LogP contribution is 2.07. The summed E-state index contributed by atoms with van der Waals surface area (Å²) in [6.45, 7) is 2.53. The Kier molecular flexibility index (Phi) is 4.95. The molecule has 1 heterocycles. The molecule has 0 aliphatic carbocycles. The van der Waals surface area contributed by atoms with Crippen LogP contribution in [0.4, 0.5) is 4.79 Å². The fraction of sp³-hybridized carbons (Fsp3) is 0.429. The Balaban J connectivity index is 1.69. The van der Waals surface area contributed by atoms with Gasteiger partial charge >= 0.3 is 12.1 Å². The Morgan fingerprint density at radius 3 is 2.65 bits per heavy atom. The van der Waals surface area contributed by atoms with E-state index in [1.165, 1.54) is 0 Å². The molecular formula is C14H17NO5. The summed E-state index contributed by atoms with van der Waals surface area (Å²) in [5.74, 6) is -0.491. The number of amides is 1. The van der Waals surface area contributed by atoms with E-state index in [1.807, 2.05) is 30.3 Å². The molecule has 1 atom stereocenters. The average molecular weight is 279 g/mol. The summed E-state index contributed by atoms with van der Waals surface area (Å²) in [5, 5.41) is 2.43. The molecule has 1 fully saturated rings. The van der Waals surface area contributed by atoms with Crippen molar-refractivity contribution in [2.75, 3.05) is 13.2 Å². The van der Waals surface area contributed by atoms with Crippen LogP contribution < -0.4 is 5.32 Å². The van der Waals surface area contributed by atoms with Gasteiger partial charge in [0, 0.05) is 0 Å². The van der Waals surface area contributed by atoms with Gasteiger partial charge in [0.05, 0.1) is 13.2 Å². The van der Waals surface area contributed by atoms with Crippen molar-refractivity contribution in [1.29, 1.82) is 0 Å². The highest BCUT2D eigenvalue weighted by atomic mass is 16.6. The van der Waals surface area contributed by atoms with Gasteiger partial charge in [0.2, 0.25) is 0 Å². The number of nitrogens with one attached hydrogen (secondary N) is 1. The molecule has 0 saturated carbocycles. The lowest BCUT2D eigenvalue weighted by Gasteiger charge is -2.26. The van der Waals surface area contributed by atoms with Crippen LogP contribution in [0.15, 0.2) is 30.3 Å². The van der Waals surface area contributed by atoms with Crippen molar-refractivity contribution in [2.24, 2.45) is 0 Å². The van der Waals surface area contributed by atoms with Gasteiger partial charge in [-0.25, -0.2) is 9.59 Å². The minimum atomic E-state index is -0.751. The number of hydrogen-bond donors (Lipinski definition) is 1. The summed E-state index contributed by atoms with van der Waals surface area (Å²) in [5.41, 5.74) is 0.879. The molecule has 1 saturated heterocycles. The molecule has 0 spiro atoms. The van der Waals surface area contributed by atoms with Gasteiger partial charge < -0.3 is 19.5 Å². The Hall–Kier alpha value is -2.08. The van der Waals surface area contributed by atoms with Crippen LogP contribution in [0.5, 0.6) is 0 Å². The fourth-order valence-electron chi connectivity index (χ4n) is 1.55. The molecule has 108 valence electrons. The number of carbonyl (C=O) groups excluding carboxylic acids is 2. The maximum atomic E-state index is 11.6. The first-order valence-electron chi connectivity index (χ1n) is 6.40. The van der Waals surface area contributed by atoms with E-state index < -0.39 is 18.1 Å². The molecule has 0 radical (unpaired) electrons. The topological polar surface area (TPSA) is 73.9 Å². The predicted octanol–water partition coefficient (Wildman–Crippen LogP) is 1.24. The molecule has 6 nitrogen and oxygen atoms in total. The highest BCUT2D eigenvalue weighted by molar-refractivity contribution is 5.81. The third-order valence-corrected chi connectivity index (χ3v) is 2.79. The summed E-state index contributed by atoms with van der Waals surface area (Å²) in [6, 6.07) is 8.54. The second-order valence-corrected chi connectivity index (χ2v) is 4.52. The fourth-order valence-corrected chi connectivity index (χ4v) is 1.55. The van der Waals surface area contributed by atoms with E-state index >= 15 is 0 Å². The minimum absolute atomic E-state index is 0.158. The van der Waals surface area contributed by atoms with Crippen LogP contribution in [0.3, 0.4) is 0 Å². The quantitative estimate of drug-likeness (QED) is 0.821. The van der Waals surface area contributed by atoms with E-state index in [4.69, 9.17) is 14.2 Å². The number of rotatable bonds is 5. The lowest BCUT2D eigenvalue weighted by molar-refractivity contribution is -0.173. The summed E-state index contributed by atoms with van der Waals surface area (Å²) in [6.07, 6.45) is -0.852. The Labute approximate surface area is 117 Å². The Morgan fingerprint density at radius 1 is 1.35 bits per heavy atom. The number of ether oxygens (including phenoxy) is 3. The van der Waals surface area contributed by atoms with Crippen molar-refractivity contribution >= 4 is 12.1 Å². The molecule has 0 aromatic heterocycles. The van der Waals surface area contributed by atoms with E-state index in [9.17, 15) is 9.59 Å². The molecule has 1 unspecified atom stereocenters. The summed E-state index contributed by atoms with van der Waals surface area (Å²) in [7, 11) is 0. The monoisotopic (exact) mass is 279 g/mol. The van der Waals surface area contributed by atoms with Gasteiger partial charge in [-0.05, 0) is 12.5 Å². The van der Waals surface area contributed by atoms with Gasteiger partial charge in [-0.2, -0.15) is 0 Å². The van der Waals surface area contributed by atoms with E-state index in [-0.39, 0.29) is 12.7 Å². The third kappa shape index (κ3) is 4.24. The number of hydrogen-bond acceptors (Lipinski definition) is 5. The van der Waals surface area contributed by atoms with E-state index in [0.717, 1.165) is 5.56 Å². The smallest absolute Gasteiger partial charge is 0.408 e. The van der Waals surface area contributed by atoms with Crippen LogP contribution in [0, 0.1) is 0 Å². The normalized spacial score (nSPS) is 15.8. The molecule has 1 aliphatic rings. The predicted molar refractivity (Wildman–Crippen MR) is 69.9 cm³/mol. The summed E-state index contributed by atoms with van der Waals surface area (Å²) in [4.78, 5) is 23.1. The van der Waals surface area contributed by atoms with Crippen LogP contribution in [-0.2, 0) is 25.6 Å². The number of esters is 1. The lowest BCUT2D eigenvalue weighted by atomic mass is 10.2. The lowest BCUT2D eigenvalue weighted by Crippen LogP contribution is -2.45. The van der Waals surface area contributed by atoms with Crippen LogP contribution >= 0.6 is 0 Å². The van der Waals surface area contributed by atoms with Crippen LogP contribution in [-0.4, -0.2) is 37.4 Å². The van der Waals surface area contributed by atoms with Crippen molar-refractivity contribution in [1.82, 2.24) is 5.32 Å².